The SMILES string of the molecule is CC(C)N(C=O)c1ccc(N2CC[C@H](NC(=O)OC(C)(C)C)C2=O)c(F)c1. The van der Waals surface area contributed by atoms with Gasteiger partial charge in [0.1, 0.15) is 17.5 Å². The fraction of sp³-hybridized carbons (Fsp3) is 0.526. The van der Waals surface area contributed by atoms with Gasteiger partial charge in [0.05, 0.1) is 5.69 Å². The number of carbonyl (C=O) groups is 3. The molecule has 0 aliphatic carbocycles. The van der Waals surface area contributed by atoms with Gasteiger partial charge >= 0.3 is 6.09 Å². The zero-order valence-corrected chi connectivity index (χ0v) is 16.3. The molecular formula is C19H26FN3O4. The minimum Gasteiger partial charge on any atom is -0.444 e. The zero-order chi connectivity index (χ0) is 20.4. The number of ether oxygens (including phenoxy) is 1. The van der Waals surface area contributed by atoms with E-state index in [0.717, 1.165) is 0 Å². The molecule has 1 N–H and O–H groups in total. The minimum atomic E-state index is -0.763. The second-order valence-electron chi connectivity index (χ2n) is 7.72. The van der Waals surface area contributed by atoms with Crippen LogP contribution in [-0.2, 0) is 14.3 Å². The van der Waals surface area contributed by atoms with Crippen LogP contribution >= 0.6 is 0 Å². The summed E-state index contributed by atoms with van der Waals surface area (Å²) in [5, 5.41) is 2.53. The predicted molar refractivity (Wildman–Crippen MR) is 100 cm³/mol. The van der Waals surface area contributed by atoms with E-state index < -0.39 is 29.5 Å². The maximum absolute atomic E-state index is 14.6. The second-order valence-corrected chi connectivity index (χ2v) is 7.72. The summed E-state index contributed by atoms with van der Waals surface area (Å²) in [6.45, 7) is 9.09. The van der Waals surface area contributed by atoms with E-state index in [2.05, 4.69) is 5.32 Å². The molecule has 27 heavy (non-hydrogen) atoms. The van der Waals surface area contributed by atoms with Crippen molar-refractivity contribution in [2.24, 2.45) is 0 Å². The third-order valence-electron chi connectivity index (χ3n) is 4.09. The van der Waals surface area contributed by atoms with E-state index in [1.165, 1.54) is 21.9 Å². The largest absolute Gasteiger partial charge is 0.444 e. The van der Waals surface area contributed by atoms with E-state index in [4.69, 9.17) is 4.74 Å². The lowest BCUT2D eigenvalue weighted by Gasteiger charge is -2.24. The molecule has 3 amide bonds. The molecular weight excluding hydrogens is 353 g/mol. The number of amides is 3. The first-order valence-electron chi connectivity index (χ1n) is 8.87. The number of hydrogen-bond donors (Lipinski definition) is 1. The van der Waals surface area contributed by atoms with Gasteiger partial charge in [0.25, 0.3) is 0 Å². The maximum atomic E-state index is 14.6. The van der Waals surface area contributed by atoms with Gasteiger partial charge in [-0.25, -0.2) is 9.18 Å². The van der Waals surface area contributed by atoms with Gasteiger partial charge in [0.15, 0.2) is 0 Å². The highest BCUT2D eigenvalue weighted by Crippen LogP contribution is 2.29. The number of nitrogens with zero attached hydrogens (tertiary/aromatic N) is 2. The summed E-state index contributed by atoms with van der Waals surface area (Å²) >= 11 is 0. The van der Waals surface area contributed by atoms with E-state index in [0.29, 0.717) is 18.5 Å². The smallest absolute Gasteiger partial charge is 0.408 e. The Morgan fingerprint density at radius 1 is 1.41 bits per heavy atom. The highest BCUT2D eigenvalue weighted by atomic mass is 19.1. The fourth-order valence-corrected chi connectivity index (χ4v) is 2.86. The second kappa shape index (κ2) is 7.94. The normalized spacial score (nSPS) is 17.2. The first-order chi connectivity index (χ1) is 12.5. The van der Waals surface area contributed by atoms with Crippen LogP contribution in [0.1, 0.15) is 41.0 Å². The Labute approximate surface area is 158 Å². The lowest BCUT2D eigenvalue weighted by Crippen LogP contribution is -2.44. The number of nitrogens with one attached hydrogen (secondary N) is 1. The number of rotatable bonds is 5. The molecule has 0 saturated carbocycles. The topological polar surface area (TPSA) is 79.0 Å². The van der Waals surface area contributed by atoms with Gasteiger partial charge in [-0.15, -0.1) is 0 Å². The van der Waals surface area contributed by atoms with Crippen LogP contribution in [0.25, 0.3) is 0 Å². The van der Waals surface area contributed by atoms with Crippen molar-refractivity contribution in [2.75, 3.05) is 16.3 Å². The molecule has 148 valence electrons. The monoisotopic (exact) mass is 379 g/mol. The molecule has 0 bridgehead atoms. The van der Waals surface area contributed by atoms with E-state index in [-0.39, 0.29) is 18.3 Å². The van der Waals surface area contributed by atoms with Crippen LogP contribution in [0.15, 0.2) is 18.2 Å². The summed E-state index contributed by atoms with van der Waals surface area (Å²) in [5.74, 6) is -1.00. The first-order valence-corrected chi connectivity index (χ1v) is 8.87. The van der Waals surface area contributed by atoms with Crippen molar-refractivity contribution >= 4 is 29.8 Å². The molecule has 0 radical (unpaired) electrons. The maximum Gasteiger partial charge on any atom is 0.408 e. The molecule has 0 spiro atoms. The van der Waals surface area contributed by atoms with E-state index >= 15 is 0 Å². The molecule has 1 aromatic carbocycles. The summed E-state index contributed by atoms with van der Waals surface area (Å²) in [5.41, 5.74) is -0.142. The summed E-state index contributed by atoms with van der Waals surface area (Å²) < 4.78 is 19.8. The van der Waals surface area contributed by atoms with Gasteiger partial charge in [0.2, 0.25) is 12.3 Å². The van der Waals surface area contributed by atoms with Crippen LogP contribution < -0.4 is 15.1 Å². The van der Waals surface area contributed by atoms with Crippen LogP contribution in [0.2, 0.25) is 0 Å². The van der Waals surface area contributed by atoms with Crippen LogP contribution in [-0.4, -0.2) is 42.6 Å². The Morgan fingerprint density at radius 2 is 2.07 bits per heavy atom. The van der Waals surface area contributed by atoms with Crippen molar-refractivity contribution in [1.82, 2.24) is 5.32 Å². The van der Waals surface area contributed by atoms with Crippen molar-refractivity contribution in [3.8, 4) is 0 Å². The van der Waals surface area contributed by atoms with Crippen LogP contribution in [0.3, 0.4) is 0 Å². The van der Waals surface area contributed by atoms with Gasteiger partial charge in [-0.1, -0.05) is 0 Å². The standard InChI is InChI=1S/C19H26FN3O4/c1-12(2)23(11-24)13-6-7-16(14(20)10-13)22-9-8-15(17(22)25)21-18(26)27-19(3,4)5/h6-7,10-12,15H,8-9H2,1-5H3,(H,21,26)/t15-/m0/s1. The van der Waals surface area contributed by atoms with Crippen molar-refractivity contribution in [2.45, 2.75) is 58.7 Å². The first kappa shape index (κ1) is 20.7. The van der Waals surface area contributed by atoms with E-state index in [1.807, 2.05) is 13.8 Å². The molecule has 0 unspecified atom stereocenters. The van der Waals surface area contributed by atoms with Crippen molar-refractivity contribution < 1.29 is 23.5 Å². The molecule has 1 atom stereocenters. The third kappa shape index (κ3) is 4.96. The van der Waals surface area contributed by atoms with Crippen LogP contribution in [0.4, 0.5) is 20.6 Å². The quantitative estimate of drug-likeness (QED) is 0.798. The summed E-state index contributed by atoms with van der Waals surface area (Å²) in [6, 6.07) is 3.40. The Kier molecular flexibility index (Phi) is 6.08. The predicted octanol–water partition coefficient (Wildman–Crippen LogP) is 2.83. The molecule has 0 aromatic heterocycles. The Bertz CT molecular complexity index is 730. The molecule has 7 nitrogen and oxygen atoms in total. The molecule has 1 saturated heterocycles. The Balaban J connectivity index is 2.12. The number of halogens is 1. The molecule has 2 rings (SSSR count). The zero-order valence-electron chi connectivity index (χ0n) is 16.3. The molecule has 1 fully saturated rings. The summed E-state index contributed by atoms with van der Waals surface area (Å²) in [4.78, 5) is 38.3. The lowest BCUT2D eigenvalue weighted by atomic mass is 10.2. The Hall–Kier alpha value is -2.64. The number of alkyl carbamates (subject to hydrolysis) is 1. The highest BCUT2D eigenvalue weighted by molar-refractivity contribution is 6.01. The fourth-order valence-electron chi connectivity index (χ4n) is 2.86. The van der Waals surface area contributed by atoms with Gasteiger partial charge in [-0.05, 0) is 59.2 Å². The van der Waals surface area contributed by atoms with Crippen molar-refractivity contribution in [3.63, 3.8) is 0 Å². The van der Waals surface area contributed by atoms with Gasteiger partial charge in [-0.2, -0.15) is 0 Å². The molecule has 1 heterocycles. The van der Waals surface area contributed by atoms with E-state index in [9.17, 15) is 18.8 Å². The number of anilines is 2. The number of hydrogen-bond acceptors (Lipinski definition) is 4. The molecule has 1 aromatic rings. The van der Waals surface area contributed by atoms with E-state index in [1.54, 1.807) is 26.8 Å². The van der Waals surface area contributed by atoms with Crippen LogP contribution in [0.5, 0.6) is 0 Å². The highest BCUT2D eigenvalue weighted by Gasteiger charge is 2.36. The molecule has 1 aliphatic rings. The number of benzene rings is 1. The van der Waals surface area contributed by atoms with Crippen molar-refractivity contribution in [3.05, 3.63) is 24.0 Å². The number of carbonyl (C=O) groups excluding carboxylic acids is 3. The van der Waals surface area contributed by atoms with Gasteiger partial charge in [0, 0.05) is 18.3 Å². The van der Waals surface area contributed by atoms with Gasteiger partial charge in [-0.3, -0.25) is 9.59 Å². The van der Waals surface area contributed by atoms with Crippen LogP contribution in [0, 0.1) is 5.82 Å². The molecule has 8 heteroatoms. The third-order valence-corrected chi connectivity index (χ3v) is 4.09. The summed E-state index contributed by atoms with van der Waals surface area (Å²) in [7, 11) is 0. The Morgan fingerprint density at radius 3 is 2.59 bits per heavy atom. The lowest BCUT2D eigenvalue weighted by molar-refractivity contribution is -0.118. The molecule has 1 aliphatic heterocycles. The summed E-state index contributed by atoms with van der Waals surface area (Å²) in [6.07, 6.45) is 0.309. The van der Waals surface area contributed by atoms with Gasteiger partial charge < -0.3 is 19.9 Å². The average Bonchev–Trinajstić information content (AvgIpc) is 2.87. The van der Waals surface area contributed by atoms with Crippen molar-refractivity contribution in [1.29, 1.82) is 0 Å². The minimum absolute atomic E-state index is 0.117. The average molecular weight is 379 g/mol.